The summed E-state index contributed by atoms with van der Waals surface area (Å²) >= 11 is 4.70. The van der Waals surface area contributed by atoms with Crippen molar-refractivity contribution in [3.8, 4) is 11.5 Å². The molecule has 0 amide bonds. The number of aromatic nitrogens is 2. The Balaban J connectivity index is 2.62. The quantitative estimate of drug-likeness (QED) is 0.736. The SMILES string of the molecule is Cc1cccc(-c2n[nH]c(=S)o2)c1F. The average molecular weight is 210 g/mol. The van der Waals surface area contributed by atoms with Gasteiger partial charge >= 0.3 is 0 Å². The van der Waals surface area contributed by atoms with E-state index in [9.17, 15) is 4.39 Å². The molecule has 0 saturated carbocycles. The van der Waals surface area contributed by atoms with E-state index in [1.165, 1.54) is 0 Å². The van der Waals surface area contributed by atoms with Gasteiger partial charge in [0.2, 0.25) is 5.89 Å². The molecule has 72 valence electrons. The number of H-pyrrole nitrogens is 1. The molecule has 1 N–H and O–H groups in total. The smallest absolute Gasteiger partial charge is 0.284 e. The van der Waals surface area contributed by atoms with Gasteiger partial charge in [-0.2, -0.15) is 0 Å². The van der Waals surface area contributed by atoms with E-state index in [1.807, 2.05) is 0 Å². The van der Waals surface area contributed by atoms with Crippen LogP contribution < -0.4 is 0 Å². The third kappa shape index (κ3) is 1.46. The van der Waals surface area contributed by atoms with Gasteiger partial charge in [-0.15, -0.1) is 5.10 Å². The Bertz CT molecular complexity index is 518. The summed E-state index contributed by atoms with van der Waals surface area (Å²) in [6.07, 6.45) is 0. The molecule has 0 unspecified atom stereocenters. The highest BCUT2D eigenvalue weighted by molar-refractivity contribution is 7.71. The topological polar surface area (TPSA) is 41.8 Å². The van der Waals surface area contributed by atoms with Gasteiger partial charge in [0.25, 0.3) is 4.84 Å². The van der Waals surface area contributed by atoms with Crippen LogP contribution in [0.5, 0.6) is 0 Å². The summed E-state index contributed by atoms with van der Waals surface area (Å²) in [5.41, 5.74) is 0.865. The summed E-state index contributed by atoms with van der Waals surface area (Å²) < 4.78 is 18.6. The number of rotatable bonds is 1. The van der Waals surface area contributed by atoms with Gasteiger partial charge in [0.15, 0.2) is 0 Å². The lowest BCUT2D eigenvalue weighted by molar-refractivity contribution is 0.542. The van der Waals surface area contributed by atoms with Gasteiger partial charge in [-0.3, -0.25) is 0 Å². The van der Waals surface area contributed by atoms with Crippen LogP contribution in [0.4, 0.5) is 4.39 Å². The van der Waals surface area contributed by atoms with Gasteiger partial charge in [-0.1, -0.05) is 12.1 Å². The van der Waals surface area contributed by atoms with Gasteiger partial charge < -0.3 is 4.42 Å². The highest BCUT2D eigenvalue weighted by Gasteiger charge is 2.11. The summed E-state index contributed by atoms with van der Waals surface area (Å²) in [4.78, 5) is 0.140. The minimum Gasteiger partial charge on any atom is -0.409 e. The number of nitrogens with zero attached hydrogens (tertiary/aromatic N) is 1. The first-order valence-electron chi connectivity index (χ1n) is 3.99. The lowest BCUT2D eigenvalue weighted by atomic mass is 10.1. The largest absolute Gasteiger partial charge is 0.409 e. The van der Waals surface area contributed by atoms with E-state index >= 15 is 0 Å². The first kappa shape index (κ1) is 9.08. The number of benzene rings is 1. The maximum absolute atomic E-state index is 13.5. The summed E-state index contributed by atoms with van der Waals surface area (Å²) in [6.45, 7) is 1.68. The average Bonchev–Trinajstić information content (AvgIpc) is 2.57. The summed E-state index contributed by atoms with van der Waals surface area (Å²) in [6, 6.07) is 5.01. The Morgan fingerprint density at radius 3 is 2.93 bits per heavy atom. The van der Waals surface area contributed by atoms with Crippen LogP contribution >= 0.6 is 12.2 Å². The van der Waals surface area contributed by atoms with Crippen LogP contribution in [0.15, 0.2) is 22.6 Å². The van der Waals surface area contributed by atoms with Gasteiger partial charge in [-0.25, -0.2) is 9.49 Å². The number of halogens is 1. The second kappa shape index (κ2) is 3.34. The molecule has 2 rings (SSSR count). The van der Waals surface area contributed by atoms with E-state index in [0.717, 1.165) is 0 Å². The Morgan fingerprint density at radius 1 is 1.50 bits per heavy atom. The lowest BCUT2D eigenvalue weighted by Gasteiger charge is -1.99. The molecule has 0 spiro atoms. The zero-order valence-corrected chi connectivity index (χ0v) is 8.19. The minimum atomic E-state index is -0.335. The number of nitrogens with one attached hydrogen (secondary N) is 1. The molecule has 0 aliphatic heterocycles. The van der Waals surface area contributed by atoms with Crippen molar-refractivity contribution < 1.29 is 8.81 Å². The highest BCUT2D eigenvalue weighted by atomic mass is 32.1. The van der Waals surface area contributed by atoms with E-state index in [2.05, 4.69) is 10.2 Å². The van der Waals surface area contributed by atoms with Crippen molar-refractivity contribution in [2.75, 3.05) is 0 Å². The zero-order chi connectivity index (χ0) is 10.1. The fourth-order valence-electron chi connectivity index (χ4n) is 1.16. The second-order valence-electron chi connectivity index (χ2n) is 2.85. The maximum Gasteiger partial charge on any atom is 0.284 e. The molecule has 0 aliphatic carbocycles. The normalized spacial score (nSPS) is 10.4. The Labute approximate surface area is 84.6 Å². The highest BCUT2D eigenvalue weighted by Crippen LogP contribution is 2.22. The molecule has 0 radical (unpaired) electrons. The van der Waals surface area contributed by atoms with Crippen molar-refractivity contribution >= 4 is 12.2 Å². The van der Waals surface area contributed by atoms with E-state index < -0.39 is 0 Å². The van der Waals surface area contributed by atoms with Crippen LogP contribution in [-0.4, -0.2) is 10.2 Å². The zero-order valence-electron chi connectivity index (χ0n) is 7.37. The van der Waals surface area contributed by atoms with Crippen molar-refractivity contribution in [2.24, 2.45) is 0 Å². The molecule has 0 bridgehead atoms. The van der Waals surface area contributed by atoms with Crippen molar-refractivity contribution in [3.63, 3.8) is 0 Å². The van der Waals surface area contributed by atoms with Crippen LogP contribution in [0.1, 0.15) is 5.56 Å². The summed E-state index contributed by atoms with van der Waals surface area (Å²) in [7, 11) is 0. The fraction of sp³-hybridized carbons (Fsp3) is 0.111. The van der Waals surface area contributed by atoms with Crippen LogP contribution in [-0.2, 0) is 0 Å². The number of hydrogen-bond acceptors (Lipinski definition) is 3. The molecule has 0 aliphatic rings. The molecule has 0 saturated heterocycles. The van der Waals surface area contributed by atoms with E-state index in [1.54, 1.807) is 25.1 Å². The van der Waals surface area contributed by atoms with Crippen molar-refractivity contribution in [3.05, 3.63) is 34.4 Å². The van der Waals surface area contributed by atoms with Gasteiger partial charge in [0.1, 0.15) is 5.82 Å². The lowest BCUT2D eigenvalue weighted by Crippen LogP contribution is -1.87. The van der Waals surface area contributed by atoms with Crippen molar-refractivity contribution in [2.45, 2.75) is 6.92 Å². The minimum absolute atomic E-state index is 0.140. The van der Waals surface area contributed by atoms with Crippen LogP contribution in [0.3, 0.4) is 0 Å². The van der Waals surface area contributed by atoms with Gasteiger partial charge in [-0.05, 0) is 30.8 Å². The van der Waals surface area contributed by atoms with Crippen LogP contribution in [0.25, 0.3) is 11.5 Å². The van der Waals surface area contributed by atoms with E-state index in [4.69, 9.17) is 16.6 Å². The molecular formula is C9H7FN2OS. The fourth-order valence-corrected chi connectivity index (χ4v) is 1.28. The molecule has 0 atom stereocenters. The molecule has 1 heterocycles. The number of aryl methyl sites for hydroxylation is 1. The number of hydrogen-bond donors (Lipinski definition) is 1. The first-order chi connectivity index (χ1) is 6.68. The molecule has 0 fully saturated rings. The summed E-state index contributed by atoms with van der Waals surface area (Å²) in [5.74, 6) is -0.158. The Hall–Kier alpha value is -1.49. The monoisotopic (exact) mass is 210 g/mol. The standard InChI is InChI=1S/C9H7FN2OS/c1-5-3-2-4-6(7(5)10)8-11-12-9(14)13-8/h2-4H,1H3,(H,12,14). The van der Waals surface area contributed by atoms with E-state index in [-0.39, 0.29) is 16.5 Å². The third-order valence-corrected chi connectivity index (χ3v) is 2.03. The van der Waals surface area contributed by atoms with Crippen LogP contribution in [0, 0.1) is 17.6 Å². The predicted molar refractivity (Wildman–Crippen MR) is 51.8 cm³/mol. The second-order valence-corrected chi connectivity index (χ2v) is 3.23. The molecular weight excluding hydrogens is 203 g/mol. The molecule has 14 heavy (non-hydrogen) atoms. The predicted octanol–water partition coefficient (Wildman–Crippen LogP) is 2.85. The molecule has 1 aromatic heterocycles. The van der Waals surface area contributed by atoms with Crippen molar-refractivity contribution in [1.29, 1.82) is 0 Å². The Kier molecular flexibility index (Phi) is 2.17. The van der Waals surface area contributed by atoms with Gasteiger partial charge in [0, 0.05) is 0 Å². The maximum atomic E-state index is 13.5. The number of aromatic amines is 1. The van der Waals surface area contributed by atoms with Crippen molar-refractivity contribution in [1.82, 2.24) is 10.2 Å². The molecule has 1 aromatic carbocycles. The molecule has 2 aromatic rings. The van der Waals surface area contributed by atoms with Crippen LogP contribution in [0.2, 0.25) is 0 Å². The molecule has 5 heteroatoms. The van der Waals surface area contributed by atoms with Gasteiger partial charge in [0.05, 0.1) is 5.56 Å². The third-order valence-electron chi connectivity index (χ3n) is 1.86. The Morgan fingerprint density at radius 2 is 2.29 bits per heavy atom. The first-order valence-corrected chi connectivity index (χ1v) is 4.40. The summed E-state index contributed by atoms with van der Waals surface area (Å²) in [5, 5.41) is 6.20. The van der Waals surface area contributed by atoms with E-state index in [0.29, 0.717) is 11.1 Å². The molecule has 3 nitrogen and oxygen atoms in total.